The lowest BCUT2D eigenvalue weighted by molar-refractivity contribution is 0.228. The highest BCUT2D eigenvalue weighted by molar-refractivity contribution is 6.86. The number of likely N-dealkylation sites (tertiary alicyclic amines) is 1. The van der Waals surface area contributed by atoms with Gasteiger partial charge in [-0.2, -0.15) is 0 Å². The molecular weight excluding hydrogens is 326 g/mol. The lowest BCUT2D eigenvalue weighted by Crippen LogP contribution is -2.53. The summed E-state index contributed by atoms with van der Waals surface area (Å²) in [6, 6.07) is 9.35. The summed E-state index contributed by atoms with van der Waals surface area (Å²) in [7, 11) is -0.720. The standard InChI is InChI=1S/C21H35NO2Si/c1-24-19-11-13-21(14-12-19)25(23,20-9-4-2-5-10-20)18-8-17-22-15-6-3-7-16-22/h11-14,20,23H,2-10,15-18H2,1H3/t25-/m1/s1. The number of hydrogen-bond acceptors (Lipinski definition) is 3. The summed E-state index contributed by atoms with van der Waals surface area (Å²) in [5.41, 5.74) is 0.538. The van der Waals surface area contributed by atoms with Crippen molar-refractivity contribution < 1.29 is 9.53 Å². The molecule has 0 unspecified atom stereocenters. The van der Waals surface area contributed by atoms with E-state index in [0.29, 0.717) is 5.54 Å². The molecule has 0 amide bonds. The molecule has 1 aliphatic heterocycles. The third-order valence-electron chi connectivity index (χ3n) is 6.35. The number of methoxy groups -OCH3 is 1. The van der Waals surface area contributed by atoms with Gasteiger partial charge in [0, 0.05) is 0 Å². The molecule has 1 saturated carbocycles. The first kappa shape index (κ1) is 18.9. The molecular formula is C21H35NO2Si. The molecule has 3 rings (SSSR count). The van der Waals surface area contributed by atoms with Crippen molar-refractivity contribution in [2.24, 2.45) is 0 Å². The van der Waals surface area contributed by atoms with Gasteiger partial charge < -0.3 is 14.4 Å². The highest BCUT2D eigenvalue weighted by Gasteiger charge is 2.41. The van der Waals surface area contributed by atoms with Crippen LogP contribution in [-0.2, 0) is 0 Å². The van der Waals surface area contributed by atoms with Crippen molar-refractivity contribution in [3.8, 4) is 5.75 Å². The van der Waals surface area contributed by atoms with Gasteiger partial charge in [-0.05, 0) is 67.8 Å². The fraction of sp³-hybridized carbons (Fsp3) is 0.714. The molecule has 1 heterocycles. The van der Waals surface area contributed by atoms with Crippen LogP contribution < -0.4 is 9.92 Å². The molecule has 2 fully saturated rings. The van der Waals surface area contributed by atoms with E-state index in [4.69, 9.17) is 4.74 Å². The SMILES string of the molecule is COc1ccc([Si@@](O)(CCCN2CCCCC2)C2CCCCC2)cc1. The Bertz CT molecular complexity index is 509. The summed E-state index contributed by atoms with van der Waals surface area (Å²) in [6.45, 7) is 3.68. The molecule has 0 spiro atoms. The number of ether oxygens (including phenoxy) is 1. The van der Waals surface area contributed by atoms with Gasteiger partial charge in [-0.25, -0.2) is 0 Å². The quantitative estimate of drug-likeness (QED) is 0.744. The van der Waals surface area contributed by atoms with Gasteiger partial charge in [-0.15, -0.1) is 0 Å². The maximum Gasteiger partial charge on any atom is 0.223 e. The molecule has 1 saturated heterocycles. The molecule has 2 aliphatic rings. The minimum atomic E-state index is -2.43. The van der Waals surface area contributed by atoms with Crippen molar-refractivity contribution >= 4 is 13.5 Å². The Labute approximate surface area is 154 Å². The predicted octanol–water partition coefficient (Wildman–Crippen LogP) is 4.05. The van der Waals surface area contributed by atoms with E-state index in [9.17, 15) is 4.80 Å². The average Bonchev–Trinajstić information content (AvgIpc) is 2.69. The fourth-order valence-corrected chi connectivity index (χ4v) is 8.77. The summed E-state index contributed by atoms with van der Waals surface area (Å²) in [6.07, 6.45) is 11.6. The lowest BCUT2D eigenvalue weighted by Gasteiger charge is -2.37. The Morgan fingerprint density at radius 1 is 1.00 bits per heavy atom. The molecule has 4 heteroatoms. The molecule has 0 bridgehead atoms. The summed E-state index contributed by atoms with van der Waals surface area (Å²) in [5, 5.41) is 1.22. The van der Waals surface area contributed by atoms with Gasteiger partial charge in [-0.3, -0.25) is 0 Å². The van der Waals surface area contributed by atoms with Crippen molar-refractivity contribution in [2.45, 2.75) is 69.4 Å². The third kappa shape index (κ3) is 4.87. The molecule has 3 nitrogen and oxygen atoms in total. The van der Waals surface area contributed by atoms with Crippen LogP contribution in [-0.4, -0.2) is 44.8 Å². The fourth-order valence-electron chi connectivity index (χ4n) is 4.80. The zero-order chi connectivity index (χ0) is 17.5. The molecule has 0 radical (unpaired) electrons. The molecule has 140 valence electrons. The largest absolute Gasteiger partial charge is 0.497 e. The van der Waals surface area contributed by atoms with Crippen LogP contribution in [0, 0.1) is 0 Å². The minimum Gasteiger partial charge on any atom is -0.497 e. The van der Waals surface area contributed by atoms with Crippen LogP contribution >= 0.6 is 0 Å². The van der Waals surface area contributed by atoms with Crippen LogP contribution in [0.1, 0.15) is 57.8 Å². The Kier molecular flexibility index (Phi) is 6.97. The molecule has 25 heavy (non-hydrogen) atoms. The van der Waals surface area contributed by atoms with Gasteiger partial charge in [-0.1, -0.05) is 50.7 Å². The Balaban J connectivity index is 1.68. The topological polar surface area (TPSA) is 32.7 Å². The molecule has 1 N–H and O–H groups in total. The number of benzene rings is 1. The second-order valence-corrected chi connectivity index (χ2v) is 11.7. The summed E-state index contributed by atoms with van der Waals surface area (Å²) >= 11 is 0. The van der Waals surface area contributed by atoms with Gasteiger partial charge in [0.1, 0.15) is 5.75 Å². The smallest absolute Gasteiger partial charge is 0.223 e. The molecule has 1 aromatic rings. The average molecular weight is 362 g/mol. The third-order valence-corrected chi connectivity index (χ3v) is 10.7. The number of piperidine rings is 1. The highest BCUT2D eigenvalue weighted by atomic mass is 28.4. The highest BCUT2D eigenvalue weighted by Crippen LogP contribution is 2.38. The van der Waals surface area contributed by atoms with Crippen molar-refractivity contribution in [3.05, 3.63) is 24.3 Å². The predicted molar refractivity (Wildman–Crippen MR) is 107 cm³/mol. The van der Waals surface area contributed by atoms with E-state index in [-0.39, 0.29) is 0 Å². The Morgan fingerprint density at radius 2 is 1.64 bits per heavy atom. The first-order valence-corrected chi connectivity index (χ1v) is 12.5. The molecule has 1 aromatic carbocycles. The van der Waals surface area contributed by atoms with Crippen molar-refractivity contribution in [1.29, 1.82) is 0 Å². The van der Waals surface area contributed by atoms with Gasteiger partial charge >= 0.3 is 0 Å². The maximum absolute atomic E-state index is 11.9. The van der Waals surface area contributed by atoms with Crippen LogP contribution in [0.2, 0.25) is 11.6 Å². The number of rotatable bonds is 7. The van der Waals surface area contributed by atoms with E-state index in [2.05, 4.69) is 17.0 Å². The zero-order valence-electron chi connectivity index (χ0n) is 15.9. The Hall–Kier alpha value is -0.843. The van der Waals surface area contributed by atoms with E-state index in [1.165, 1.54) is 69.6 Å². The normalized spacial score (nSPS) is 22.5. The number of hydrogen-bond donors (Lipinski definition) is 1. The molecule has 0 aromatic heterocycles. The molecule has 1 aliphatic carbocycles. The second-order valence-electron chi connectivity index (χ2n) is 7.99. The van der Waals surface area contributed by atoms with E-state index in [0.717, 1.165) is 24.8 Å². The lowest BCUT2D eigenvalue weighted by atomic mass is 10.0. The van der Waals surface area contributed by atoms with Crippen LogP contribution in [0.25, 0.3) is 0 Å². The van der Waals surface area contributed by atoms with Crippen molar-refractivity contribution in [1.82, 2.24) is 4.90 Å². The zero-order valence-corrected chi connectivity index (χ0v) is 16.9. The monoisotopic (exact) mass is 361 g/mol. The number of nitrogens with zero attached hydrogens (tertiary/aromatic N) is 1. The summed E-state index contributed by atoms with van der Waals surface area (Å²) < 4.78 is 5.31. The first-order valence-electron chi connectivity index (χ1n) is 10.3. The first-order chi connectivity index (χ1) is 12.2. The van der Waals surface area contributed by atoms with Crippen molar-refractivity contribution in [3.63, 3.8) is 0 Å². The summed E-state index contributed by atoms with van der Waals surface area (Å²) in [4.78, 5) is 14.5. The van der Waals surface area contributed by atoms with Crippen molar-refractivity contribution in [2.75, 3.05) is 26.7 Å². The van der Waals surface area contributed by atoms with Gasteiger partial charge in [0.2, 0.25) is 8.32 Å². The van der Waals surface area contributed by atoms with Gasteiger partial charge in [0.05, 0.1) is 7.11 Å². The van der Waals surface area contributed by atoms with E-state index < -0.39 is 8.32 Å². The van der Waals surface area contributed by atoms with Gasteiger partial charge in [0.15, 0.2) is 0 Å². The van der Waals surface area contributed by atoms with Gasteiger partial charge in [0.25, 0.3) is 0 Å². The minimum absolute atomic E-state index is 0.538. The van der Waals surface area contributed by atoms with E-state index in [1.54, 1.807) is 7.11 Å². The van der Waals surface area contributed by atoms with Crippen LogP contribution in [0.4, 0.5) is 0 Å². The van der Waals surface area contributed by atoms with Crippen LogP contribution in [0.15, 0.2) is 24.3 Å². The summed E-state index contributed by atoms with van der Waals surface area (Å²) in [5.74, 6) is 0.886. The van der Waals surface area contributed by atoms with E-state index >= 15 is 0 Å². The van der Waals surface area contributed by atoms with Crippen LogP contribution in [0.3, 0.4) is 0 Å². The maximum atomic E-state index is 11.9. The second kappa shape index (κ2) is 9.20. The van der Waals surface area contributed by atoms with Crippen LogP contribution in [0.5, 0.6) is 5.75 Å². The molecule has 1 atom stereocenters. The van der Waals surface area contributed by atoms with E-state index in [1.807, 2.05) is 12.1 Å². The Morgan fingerprint density at radius 3 is 2.28 bits per heavy atom.